The molecule has 92 valence electrons. The lowest BCUT2D eigenvalue weighted by Crippen LogP contribution is -2.26. The Kier molecular flexibility index (Phi) is 6.90. The van der Waals surface area contributed by atoms with Crippen LogP contribution < -0.4 is 5.32 Å². The van der Waals surface area contributed by atoms with Crippen molar-refractivity contribution in [1.29, 1.82) is 0 Å². The fourth-order valence-electron chi connectivity index (χ4n) is 1.88. The first-order valence-corrected chi connectivity index (χ1v) is 6.32. The van der Waals surface area contributed by atoms with Gasteiger partial charge in [0.2, 0.25) is 5.91 Å². The number of carbonyl (C=O) groups excluding carboxylic acids is 1. The fraction of sp³-hybridized carbons (Fsp3) is 0.769. The minimum Gasteiger partial charge on any atom is -0.378 e. The van der Waals surface area contributed by atoms with E-state index in [1.54, 1.807) is 0 Å². The Hall–Kier alpha value is -0.830. The summed E-state index contributed by atoms with van der Waals surface area (Å²) in [5, 5.41) is 2.91. The first-order chi connectivity index (χ1) is 7.83. The fourth-order valence-corrected chi connectivity index (χ4v) is 1.88. The smallest absolute Gasteiger partial charge is 0.220 e. The van der Waals surface area contributed by atoms with Crippen LogP contribution in [0.2, 0.25) is 0 Å². The number of amides is 1. The van der Waals surface area contributed by atoms with Crippen LogP contribution in [0.3, 0.4) is 0 Å². The maximum absolute atomic E-state index is 11.5. The number of allylic oxidation sites excluding steroid dienone is 1. The number of hydrogen-bond acceptors (Lipinski definition) is 2. The SMILES string of the molecule is C/C=C/CCNC(=O)CCC1CCCCO1. The lowest BCUT2D eigenvalue weighted by Gasteiger charge is -2.22. The molecular formula is C13H23NO2. The summed E-state index contributed by atoms with van der Waals surface area (Å²) in [6, 6.07) is 0. The van der Waals surface area contributed by atoms with E-state index in [1.165, 1.54) is 12.8 Å². The molecule has 1 rings (SSSR count). The van der Waals surface area contributed by atoms with Gasteiger partial charge < -0.3 is 10.1 Å². The van der Waals surface area contributed by atoms with E-state index in [0.29, 0.717) is 12.5 Å². The summed E-state index contributed by atoms with van der Waals surface area (Å²) in [7, 11) is 0. The van der Waals surface area contributed by atoms with Gasteiger partial charge >= 0.3 is 0 Å². The summed E-state index contributed by atoms with van der Waals surface area (Å²) < 4.78 is 5.58. The molecule has 3 heteroatoms. The van der Waals surface area contributed by atoms with Gasteiger partial charge in [0.25, 0.3) is 0 Å². The number of ether oxygens (including phenoxy) is 1. The summed E-state index contributed by atoms with van der Waals surface area (Å²) >= 11 is 0. The molecule has 0 aromatic heterocycles. The molecule has 1 atom stereocenters. The van der Waals surface area contributed by atoms with Crippen LogP contribution in [0, 0.1) is 0 Å². The highest BCUT2D eigenvalue weighted by Crippen LogP contribution is 2.16. The minimum atomic E-state index is 0.152. The second-order valence-corrected chi connectivity index (χ2v) is 4.23. The van der Waals surface area contributed by atoms with E-state index in [9.17, 15) is 4.79 Å². The van der Waals surface area contributed by atoms with Crippen LogP contribution in [0.15, 0.2) is 12.2 Å². The van der Waals surface area contributed by atoms with Crippen LogP contribution >= 0.6 is 0 Å². The average Bonchev–Trinajstić information content (AvgIpc) is 2.33. The first-order valence-electron chi connectivity index (χ1n) is 6.32. The van der Waals surface area contributed by atoms with E-state index in [0.717, 1.165) is 32.4 Å². The second-order valence-electron chi connectivity index (χ2n) is 4.23. The van der Waals surface area contributed by atoms with Crippen molar-refractivity contribution in [3.63, 3.8) is 0 Å². The molecule has 1 heterocycles. The Morgan fingerprint density at radius 3 is 3.06 bits per heavy atom. The lowest BCUT2D eigenvalue weighted by molar-refractivity contribution is -0.122. The average molecular weight is 225 g/mol. The van der Waals surface area contributed by atoms with Gasteiger partial charge in [-0.1, -0.05) is 12.2 Å². The summed E-state index contributed by atoms with van der Waals surface area (Å²) in [5.74, 6) is 0.152. The maximum atomic E-state index is 11.5. The summed E-state index contributed by atoms with van der Waals surface area (Å²) in [4.78, 5) is 11.5. The standard InChI is InChI=1S/C13H23NO2/c1-2-3-5-10-14-13(15)9-8-12-7-4-6-11-16-12/h2-3,12H,4-11H2,1H3,(H,14,15)/b3-2+. The monoisotopic (exact) mass is 225 g/mol. The first kappa shape index (κ1) is 13.2. The third kappa shape index (κ3) is 5.91. The van der Waals surface area contributed by atoms with Gasteiger partial charge in [0.1, 0.15) is 0 Å². The largest absolute Gasteiger partial charge is 0.378 e. The molecule has 3 nitrogen and oxygen atoms in total. The van der Waals surface area contributed by atoms with Crippen LogP contribution in [-0.2, 0) is 9.53 Å². The van der Waals surface area contributed by atoms with E-state index < -0.39 is 0 Å². The Labute approximate surface area is 98.2 Å². The van der Waals surface area contributed by atoms with Crippen molar-refractivity contribution in [2.75, 3.05) is 13.2 Å². The second kappa shape index (κ2) is 8.34. The molecule has 0 spiro atoms. The Bertz CT molecular complexity index is 220. The molecule has 0 aliphatic carbocycles. The van der Waals surface area contributed by atoms with Crippen molar-refractivity contribution >= 4 is 5.91 Å². The Morgan fingerprint density at radius 2 is 2.38 bits per heavy atom. The van der Waals surface area contributed by atoms with Crippen LogP contribution in [0.1, 0.15) is 45.4 Å². The van der Waals surface area contributed by atoms with Crippen LogP contribution in [0.5, 0.6) is 0 Å². The minimum absolute atomic E-state index is 0.152. The van der Waals surface area contributed by atoms with Crippen molar-refractivity contribution in [1.82, 2.24) is 5.32 Å². The highest BCUT2D eigenvalue weighted by Gasteiger charge is 2.14. The highest BCUT2D eigenvalue weighted by molar-refractivity contribution is 5.75. The van der Waals surface area contributed by atoms with Crippen molar-refractivity contribution < 1.29 is 9.53 Å². The number of hydrogen-bond donors (Lipinski definition) is 1. The highest BCUT2D eigenvalue weighted by atomic mass is 16.5. The summed E-state index contributed by atoms with van der Waals surface area (Å²) in [6.07, 6.45) is 10.3. The zero-order chi connectivity index (χ0) is 11.6. The number of carbonyl (C=O) groups is 1. The topological polar surface area (TPSA) is 38.3 Å². The molecule has 1 unspecified atom stereocenters. The van der Waals surface area contributed by atoms with Gasteiger partial charge in [-0.15, -0.1) is 0 Å². The van der Waals surface area contributed by atoms with Crippen LogP contribution in [0.25, 0.3) is 0 Å². The zero-order valence-corrected chi connectivity index (χ0v) is 10.2. The Morgan fingerprint density at radius 1 is 1.50 bits per heavy atom. The van der Waals surface area contributed by atoms with Crippen molar-refractivity contribution in [2.24, 2.45) is 0 Å². The summed E-state index contributed by atoms with van der Waals surface area (Å²) in [6.45, 7) is 3.60. The maximum Gasteiger partial charge on any atom is 0.220 e. The van der Waals surface area contributed by atoms with E-state index in [-0.39, 0.29) is 5.91 Å². The molecule has 1 amide bonds. The van der Waals surface area contributed by atoms with Gasteiger partial charge in [-0.3, -0.25) is 4.79 Å². The van der Waals surface area contributed by atoms with Crippen LogP contribution in [-0.4, -0.2) is 25.2 Å². The molecule has 1 aliphatic rings. The van der Waals surface area contributed by atoms with Gasteiger partial charge in [-0.05, 0) is 39.0 Å². The Balaban J connectivity index is 2.00. The molecule has 0 aromatic carbocycles. The normalized spacial score (nSPS) is 21.2. The van der Waals surface area contributed by atoms with Crippen molar-refractivity contribution in [3.8, 4) is 0 Å². The van der Waals surface area contributed by atoms with Gasteiger partial charge in [-0.2, -0.15) is 0 Å². The van der Waals surface area contributed by atoms with Gasteiger partial charge in [0.15, 0.2) is 0 Å². The van der Waals surface area contributed by atoms with Gasteiger partial charge in [-0.25, -0.2) is 0 Å². The zero-order valence-electron chi connectivity index (χ0n) is 10.2. The number of nitrogens with one attached hydrogen (secondary N) is 1. The molecule has 0 radical (unpaired) electrons. The predicted molar refractivity (Wildman–Crippen MR) is 65.3 cm³/mol. The van der Waals surface area contributed by atoms with E-state index in [1.807, 2.05) is 13.0 Å². The van der Waals surface area contributed by atoms with E-state index in [2.05, 4.69) is 11.4 Å². The third-order valence-corrected chi connectivity index (χ3v) is 2.84. The molecule has 0 aromatic rings. The van der Waals surface area contributed by atoms with Gasteiger partial charge in [0.05, 0.1) is 6.10 Å². The molecular weight excluding hydrogens is 202 g/mol. The molecule has 1 saturated heterocycles. The lowest BCUT2D eigenvalue weighted by atomic mass is 10.0. The van der Waals surface area contributed by atoms with Gasteiger partial charge in [0, 0.05) is 19.6 Å². The van der Waals surface area contributed by atoms with Crippen LogP contribution in [0.4, 0.5) is 0 Å². The van der Waals surface area contributed by atoms with E-state index >= 15 is 0 Å². The van der Waals surface area contributed by atoms with Crippen molar-refractivity contribution in [3.05, 3.63) is 12.2 Å². The number of rotatable bonds is 6. The molecule has 1 fully saturated rings. The molecule has 0 saturated carbocycles. The summed E-state index contributed by atoms with van der Waals surface area (Å²) in [5.41, 5.74) is 0. The van der Waals surface area contributed by atoms with Crippen molar-refractivity contribution in [2.45, 2.75) is 51.6 Å². The molecule has 1 aliphatic heterocycles. The molecule has 16 heavy (non-hydrogen) atoms. The molecule has 1 N–H and O–H groups in total. The molecule has 0 bridgehead atoms. The quantitative estimate of drug-likeness (QED) is 0.557. The van der Waals surface area contributed by atoms with E-state index in [4.69, 9.17) is 4.74 Å². The predicted octanol–water partition coefficient (Wildman–Crippen LogP) is 2.42. The third-order valence-electron chi connectivity index (χ3n) is 2.84.